The molecule has 0 radical (unpaired) electrons. The fourth-order valence-corrected chi connectivity index (χ4v) is 4.18. The highest BCUT2D eigenvalue weighted by atomic mass is 16.5. The highest BCUT2D eigenvalue weighted by Gasteiger charge is 2.34. The Morgan fingerprint density at radius 2 is 1.68 bits per heavy atom. The monoisotopic (exact) mass is 458 g/mol. The maximum absolute atomic E-state index is 13.7. The Morgan fingerprint density at radius 3 is 2.38 bits per heavy atom. The Morgan fingerprint density at radius 1 is 1.00 bits per heavy atom. The molecule has 0 aromatic heterocycles. The molecule has 1 heterocycles. The van der Waals surface area contributed by atoms with Crippen molar-refractivity contribution in [3.63, 3.8) is 0 Å². The van der Waals surface area contributed by atoms with E-state index in [2.05, 4.69) is 24.4 Å². The van der Waals surface area contributed by atoms with Crippen molar-refractivity contribution in [2.24, 2.45) is 0 Å². The Hall–Kier alpha value is -3.64. The number of rotatable bonds is 9. The number of aliphatic carboxylic acids is 1. The van der Waals surface area contributed by atoms with Gasteiger partial charge >= 0.3 is 5.97 Å². The third-order valence-corrected chi connectivity index (χ3v) is 6.16. The van der Waals surface area contributed by atoms with Crippen molar-refractivity contribution in [3.05, 3.63) is 95.6 Å². The van der Waals surface area contributed by atoms with Crippen LogP contribution in [0.2, 0.25) is 0 Å². The molecule has 1 unspecified atom stereocenters. The lowest BCUT2D eigenvalue weighted by atomic mass is 10.0. The second kappa shape index (κ2) is 11.0. The van der Waals surface area contributed by atoms with E-state index < -0.39 is 18.1 Å². The number of amides is 1. The van der Waals surface area contributed by atoms with E-state index in [1.165, 1.54) is 5.56 Å². The zero-order chi connectivity index (χ0) is 23.9. The van der Waals surface area contributed by atoms with E-state index in [9.17, 15) is 14.7 Å². The van der Waals surface area contributed by atoms with Crippen LogP contribution < -0.4 is 15.0 Å². The minimum Gasteiger partial charge on any atom is -0.489 e. The Kier molecular flexibility index (Phi) is 7.60. The van der Waals surface area contributed by atoms with E-state index in [1.807, 2.05) is 66.7 Å². The van der Waals surface area contributed by atoms with Gasteiger partial charge in [-0.1, -0.05) is 73.7 Å². The zero-order valence-electron chi connectivity index (χ0n) is 19.3. The number of fused-ring (bicyclic) bond motifs is 1. The first kappa shape index (κ1) is 23.5. The molecule has 1 aliphatic heterocycles. The molecular formula is C28H30N2O4. The zero-order valence-corrected chi connectivity index (χ0v) is 19.3. The second-order valence-electron chi connectivity index (χ2n) is 8.51. The minimum atomic E-state index is -0.979. The molecule has 0 aliphatic carbocycles. The molecule has 176 valence electrons. The molecule has 0 bridgehead atoms. The average molecular weight is 459 g/mol. The van der Waals surface area contributed by atoms with Crippen molar-refractivity contribution in [1.29, 1.82) is 0 Å². The SMILES string of the molecule is CCc1ccc(CN2C(=O)C(N[C@@H](CCc3ccccc3)C(=O)O)COc3ccccc32)cc1. The summed E-state index contributed by atoms with van der Waals surface area (Å²) < 4.78 is 5.96. The summed E-state index contributed by atoms with van der Waals surface area (Å²) in [6, 6.07) is 23.7. The lowest BCUT2D eigenvalue weighted by Gasteiger charge is -2.27. The number of benzene rings is 3. The van der Waals surface area contributed by atoms with Crippen LogP contribution in [0.1, 0.15) is 30.0 Å². The lowest BCUT2D eigenvalue weighted by molar-refractivity contribution is -0.140. The van der Waals surface area contributed by atoms with E-state index in [1.54, 1.807) is 4.90 Å². The number of hydrogen-bond donors (Lipinski definition) is 2. The van der Waals surface area contributed by atoms with E-state index in [0.29, 0.717) is 30.8 Å². The molecule has 34 heavy (non-hydrogen) atoms. The Balaban J connectivity index is 1.54. The van der Waals surface area contributed by atoms with Gasteiger partial charge < -0.3 is 14.7 Å². The van der Waals surface area contributed by atoms with Gasteiger partial charge in [0.25, 0.3) is 0 Å². The molecular weight excluding hydrogens is 428 g/mol. The molecule has 6 nitrogen and oxygen atoms in total. The molecule has 2 N–H and O–H groups in total. The van der Waals surface area contributed by atoms with Crippen LogP contribution in [0.15, 0.2) is 78.9 Å². The van der Waals surface area contributed by atoms with E-state index in [0.717, 1.165) is 17.5 Å². The summed E-state index contributed by atoms with van der Waals surface area (Å²) in [5.41, 5.74) is 3.98. The predicted molar refractivity (Wildman–Crippen MR) is 132 cm³/mol. The molecule has 0 fully saturated rings. The number of aryl methyl sites for hydroxylation is 2. The van der Waals surface area contributed by atoms with Gasteiger partial charge in [-0.05, 0) is 48.1 Å². The minimum absolute atomic E-state index is 0.0657. The highest BCUT2D eigenvalue weighted by molar-refractivity contribution is 5.99. The van der Waals surface area contributed by atoms with Gasteiger partial charge in [0.1, 0.15) is 24.4 Å². The summed E-state index contributed by atoms with van der Waals surface area (Å²) >= 11 is 0. The summed E-state index contributed by atoms with van der Waals surface area (Å²) in [5.74, 6) is -0.566. The third-order valence-electron chi connectivity index (χ3n) is 6.16. The van der Waals surface area contributed by atoms with Crippen molar-refractivity contribution in [2.75, 3.05) is 11.5 Å². The predicted octanol–water partition coefficient (Wildman–Crippen LogP) is 4.22. The van der Waals surface area contributed by atoms with Gasteiger partial charge in [0, 0.05) is 0 Å². The standard InChI is InChI=1S/C28H30N2O4/c1-2-20-12-14-22(15-13-20)18-30-25-10-6-7-11-26(25)34-19-24(27(30)31)29-23(28(32)33)17-16-21-8-4-3-5-9-21/h3-15,23-24,29H,2,16-19H2,1H3,(H,32,33)/t23-,24?/m0/s1. The number of anilines is 1. The number of nitrogens with one attached hydrogen (secondary N) is 1. The van der Waals surface area contributed by atoms with Crippen molar-refractivity contribution in [3.8, 4) is 5.75 Å². The molecule has 1 amide bonds. The summed E-state index contributed by atoms with van der Waals surface area (Å²) in [7, 11) is 0. The topological polar surface area (TPSA) is 78.9 Å². The van der Waals surface area contributed by atoms with Crippen LogP contribution in [-0.4, -0.2) is 35.7 Å². The Bertz CT molecular complexity index is 1110. The lowest BCUT2D eigenvalue weighted by Crippen LogP contribution is -2.53. The number of para-hydroxylation sites is 2. The number of hydrogen-bond acceptors (Lipinski definition) is 4. The van der Waals surface area contributed by atoms with E-state index >= 15 is 0 Å². The van der Waals surface area contributed by atoms with Gasteiger partial charge in [-0.25, -0.2) is 0 Å². The van der Waals surface area contributed by atoms with Gasteiger partial charge in [0.05, 0.1) is 12.2 Å². The summed E-state index contributed by atoms with van der Waals surface area (Å²) in [6.45, 7) is 2.55. The fraction of sp³-hybridized carbons (Fsp3) is 0.286. The normalized spacial score (nSPS) is 16.3. The summed E-state index contributed by atoms with van der Waals surface area (Å²) in [4.78, 5) is 27.4. The van der Waals surface area contributed by atoms with Crippen LogP contribution in [-0.2, 0) is 29.0 Å². The smallest absolute Gasteiger partial charge is 0.320 e. The van der Waals surface area contributed by atoms with Gasteiger partial charge in [0.15, 0.2) is 0 Å². The van der Waals surface area contributed by atoms with Gasteiger partial charge in [-0.2, -0.15) is 0 Å². The van der Waals surface area contributed by atoms with Crippen LogP contribution in [0.4, 0.5) is 5.69 Å². The molecule has 1 aliphatic rings. The molecule has 2 atom stereocenters. The average Bonchev–Trinajstić information content (AvgIpc) is 2.99. The molecule has 0 spiro atoms. The van der Waals surface area contributed by atoms with Crippen LogP contribution >= 0.6 is 0 Å². The maximum Gasteiger partial charge on any atom is 0.320 e. The first-order valence-electron chi connectivity index (χ1n) is 11.7. The van der Waals surface area contributed by atoms with Gasteiger partial charge in [-0.15, -0.1) is 0 Å². The number of ether oxygens (including phenoxy) is 1. The number of carbonyl (C=O) groups is 2. The van der Waals surface area contributed by atoms with Crippen molar-refractivity contribution in [2.45, 2.75) is 44.8 Å². The van der Waals surface area contributed by atoms with Crippen LogP contribution in [0.5, 0.6) is 5.75 Å². The molecule has 0 saturated carbocycles. The van der Waals surface area contributed by atoms with Crippen LogP contribution in [0.25, 0.3) is 0 Å². The van der Waals surface area contributed by atoms with Crippen molar-refractivity contribution in [1.82, 2.24) is 5.32 Å². The number of carbonyl (C=O) groups excluding carboxylic acids is 1. The maximum atomic E-state index is 13.7. The first-order chi connectivity index (χ1) is 16.5. The largest absolute Gasteiger partial charge is 0.489 e. The number of nitrogens with zero attached hydrogens (tertiary/aromatic N) is 1. The number of carboxylic acid groups (broad SMARTS) is 1. The molecule has 3 aromatic carbocycles. The fourth-order valence-electron chi connectivity index (χ4n) is 4.18. The second-order valence-corrected chi connectivity index (χ2v) is 8.51. The first-order valence-corrected chi connectivity index (χ1v) is 11.7. The quantitative estimate of drug-likeness (QED) is 0.502. The summed E-state index contributed by atoms with van der Waals surface area (Å²) in [5, 5.41) is 12.9. The van der Waals surface area contributed by atoms with Crippen LogP contribution in [0.3, 0.4) is 0 Å². The molecule has 6 heteroatoms. The van der Waals surface area contributed by atoms with Gasteiger partial charge in [0.2, 0.25) is 5.91 Å². The van der Waals surface area contributed by atoms with Crippen molar-refractivity contribution >= 4 is 17.6 Å². The van der Waals surface area contributed by atoms with Gasteiger partial charge in [-0.3, -0.25) is 14.9 Å². The van der Waals surface area contributed by atoms with E-state index in [4.69, 9.17) is 4.74 Å². The highest BCUT2D eigenvalue weighted by Crippen LogP contribution is 2.32. The van der Waals surface area contributed by atoms with Crippen molar-refractivity contribution < 1.29 is 19.4 Å². The number of carboxylic acids is 1. The molecule has 4 rings (SSSR count). The van der Waals surface area contributed by atoms with E-state index in [-0.39, 0.29) is 12.5 Å². The Labute approximate surface area is 200 Å². The third kappa shape index (κ3) is 5.64. The molecule has 3 aromatic rings. The van der Waals surface area contributed by atoms with Crippen LogP contribution in [0, 0.1) is 0 Å². The summed E-state index contributed by atoms with van der Waals surface area (Å²) in [6.07, 6.45) is 1.92. The molecule has 0 saturated heterocycles.